The Bertz CT molecular complexity index is 1930. The molecule has 206 valence electrons. The first-order valence-corrected chi connectivity index (χ1v) is 14.0. The van der Waals surface area contributed by atoms with Gasteiger partial charge in [0.2, 0.25) is 5.91 Å². The molecule has 1 atom stereocenters. The summed E-state index contributed by atoms with van der Waals surface area (Å²) in [6.45, 7) is 0.408. The number of para-hydroxylation sites is 1. The largest absolute Gasteiger partial charge is 0.456 e. The van der Waals surface area contributed by atoms with E-state index in [1.54, 1.807) is 18.6 Å². The molecule has 0 bridgehead atoms. The van der Waals surface area contributed by atoms with Crippen molar-refractivity contribution >= 4 is 44.4 Å². The second-order valence-corrected chi connectivity index (χ2v) is 10.8. The summed E-state index contributed by atoms with van der Waals surface area (Å²) in [7, 11) is 0. The zero-order chi connectivity index (χ0) is 27.9. The van der Waals surface area contributed by atoms with Crippen LogP contribution in [0.3, 0.4) is 0 Å². The molecular formula is C32H30N6O3. The summed E-state index contributed by atoms with van der Waals surface area (Å²) in [5.74, 6) is 0.174. The summed E-state index contributed by atoms with van der Waals surface area (Å²) in [4.78, 5) is 39.2. The molecule has 1 aliphatic rings. The van der Waals surface area contributed by atoms with E-state index in [0.717, 1.165) is 69.8 Å². The monoisotopic (exact) mass is 546 g/mol. The van der Waals surface area contributed by atoms with Crippen LogP contribution in [0.25, 0.3) is 32.8 Å². The number of aromatic nitrogens is 4. The Kier molecular flexibility index (Phi) is 6.26. The molecule has 1 aliphatic carbocycles. The number of fused-ring (bicyclic) bond motifs is 4. The van der Waals surface area contributed by atoms with E-state index in [1.165, 1.54) is 4.57 Å². The number of pyridine rings is 1. The number of anilines is 1. The number of aromatic amines is 1. The Morgan fingerprint density at radius 2 is 1.90 bits per heavy atom. The molecule has 7 rings (SSSR count). The van der Waals surface area contributed by atoms with Gasteiger partial charge in [-0.15, -0.1) is 0 Å². The van der Waals surface area contributed by atoms with Crippen LogP contribution in [0.1, 0.15) is 54.7 Å². The highest BCUT2D eigenvalue weighted by atomic mass is 16.3. The van der Waals surface area contributed by atoms with Gasteiger partial charge < -0.3 is 20.5 Å². The fourth-order valence-corrected chi connectivity index (χ4v) is 6.14. The van der Waals surface area contributed by atoms with E-state index in [-0.39, 0.29) is 17.9 Å². The van der Waals surface area contributed by atoms with Crippen molar-refractivity contribution in [1.29, 1.82) is 0 Å². The van der Waals surface area contributed by atoms with Crippen molar-refractivity contribution in [1.82, 2.24) is 19.5 Å². The second-order valence-electron chi connectivity index (χ2n) is 10.8. The number of rotatable bonds is 8. The third-order valence-electron chi connectivity index (χ3n) is 8.20. The van der Waals surface area contributed by atoms with Crippen molar-refractivity contribution in [3.05, 3.63) is 101 Å². The van der Waals surface area contributed by atoms with Gasteiger partial charge in [-0.3, -0.25) is 19.1 Å². The van der Waals surface area contributed by atoms with Gasteiger partial charge in [-0.25, -0.2) is 4.98 Å². The van der Waals surface area contributed by atoms with E-state index >= 15 is 0 Å². The number of primary amides is 1. The number of amides is 1. The minimum atomic E-state index is -0.887. The van der Waals surface area contributed by atoms with Crippen LogP contribution in [0.4, 0.5) is 5.69 Å². The topological polar surface area (TPSA) is 132 Å². The van der Waals surface area contributed by atoms with Gasteiger partial charge in [0.15, 0.2) is 0 Å². The molecule has 41 heavy (non-hydrogen) atoms. The molecule has 1 saturated carbocycles. The first-order valence-electron chi connectivity index (χ1n) is 14.0. The van der Waals surface area contributed by atoms with Crippen LogP contribution >= 0.6 is 0 Å². The van der Waals surface area contributed by atoms with Crippen molar-refractivity contribution in [2.24, 2.45) is 5.73 Å². The summed E-state index contributed by atoms with van der Waals surface area (Å²) in [6, 6.07) is 16.9. The van der Waals surface area contributed by atoms with Gasteiger partial charge in [-0.1, -0.05) is 37.1 Å². The minimum Gasteiger partial charge on any atom is -0.456 e. The molecule has 1 fully saturated rings. The highest BCUT2D eigenvalue weighted by molar-refractivity contribution is 6.05. The molecule has 1 unspecified atom stereocenters. The summed E-state index contributed by atoms with van der Waals surface area (Å²) < 4.78 is 7.49. The number of carbonyl (C=O) groups is 1. The van der Waals surface area contributed by atoms with Gasteiger partial charge >= 0.3 is 0 Å². The van der Waals surface area contributed by atoms with Crippen molar-refractivity contribution < 1.29 is 9.21 Å². The lowest BCUT2D eigenvalue weighted by atomic mass is 10.0. The Balaban J connectivity index is 1.23. The SMILES string of the molecule is NC(=O)C(Cc1cc2cnccc2[nH]1)n1c(C2CCCC2)ncc(NCc2ccc3oc4ccccc4c3c2)c1=O. The van der Waals surface area contributed by atoms with Crippen LogP contribution in [-0.4, -0.2) is 25.4 Å². The second kappa shape index (κ2) is 10.2. The average Bonchev–Trinajstić information content (AvgIpc) is 3.73. The maximum Gasteiger partial charge on any atom is 0.277 e. The van der Waals surface area contributed by atoms with Crippen LogP contribution in [0.5, 0.6) is 0 Å². The minimum absolute atomic E-state index is 0.113. The fraction of sp³-hybridized carbons (Fsp3) is 0.250. The number of benzene rings is 2. The van der Waals surface area contributed by atoms with Crippen molar-refractivity contribution in [2.75, 3.05) is 5.32 Å². The molecule has 0 spiro atoms. The molecule has 4 aromatic heterocycles. The maximum atomic E-state index is 14.0. The highest BCUT2D eigenvalue weighted by Gasteiger charge is 2.30. The van der Waals surface area contributed by atoms with Crippen LogP contribution in [-0.2, 0) is 17.8 Å². The van der Waals surface area contributed by atoms with E-state index in [1.807, 2.05) is 48.5 Å². The van der Waals surface area contributed by atoms with E-state index in [9.17, 15) is 9.59 Å². The molecule has 9 heteroatoms. The molecule has 6 aromatic rings. The maximum absolute atomic E-state index is 14.0. The van der Waals surface area contributed by atoms with Gasteiger partial charge in [0, 0.05) is 58.6 Å². The number of H-pyrrole nitrogens is 1. The number of nitrogens with zero attached hydrogens (tertiary/aromatic N) is 3. The molecule has 9 nitrogen and oxygen atoms in total. The van der Waals surface area contributed by atoms with Gasteiger partial charge in [0.1, 0.15) is 28.7 Å². The standard InChI is InChI=1S/C32H30N6O3/c33-30(39)27(15-22-14-21-17-34-12-11-25(21)37-22)38-31(20-5-1-2-6-20)36-18-26(32(38)40)35-16-19-9-10-29-24(13-19)23-7-3-4-8-28(23)41-29/h3-4,7-14,17-18,20,27,35,37H,1-2,5-6,15-16H2,(H2,33,39). The number of hydrogen-bond donors (Lipinski definition) is 3. The average molecular weight is 547 g/mol. The lowest BCUT2D eigenvalue weighted by Crippen LogP contribution is -2.39. The Morgan fingerprint density at radius 3 is 2.73 bits per heavy atom. The van der Waals surface area contributed by atoms with E-state index in [2.05, 4.69) is 21.4 Å². The molecule has 0 aliphatic heterocycles. The first kappa shape index (κ1) is 25.1. The Morgan fingerprint density at radius 1 is 1.07 bits per heavy atom. The van der Waals surface area contributed by atoms with Crippen LogP contribution in [0.15, 0.2) is 82.4 Å². The Hall–Kier alpha value is -4.92. The van der Waals surface area contributed by atoms with E-state index in [4.69, 9.17) is 15.1 Å². The summed E-state index contributed by atoms with van der Waals surface area (Å²) in [5, 5.41) is 6.28. The lowest BCUT2D eigenvalue weighted by Gasteiger charge is -2.23. The predicted molar refractivity (Wildman–Crippen MR) is 159 cm³/mol. The van der Waals surface area contributed by atoms with E-state index < -0.39 is 11.9 Å². The van der Waals surface area contributed by atoms with Crippen LogP contribution in [0.2, 0.25) is 0 Å². The molecule has 1 amide bonds. The zero-order valence-electron chi connectivity index (χ0n) is 22.5. The quantitative estimate of drug-likeness (QED) is 0.229. The number of furan rings is 1. The smallest absolute Gasteiger partial charge is 0.277 e. The lowest BCUT2D eigenvalue weighted by molar-refractivity contribution is -0.121. The molecule has 0 saturated heterocycles. The highest BCUT2D eigenvalue weighted by Crippen LogP contribution is 2.34. The first-order chi connectivity index (χ1) is 20.0. The molecule has 2 aromatic carbocycles. The van der Waals surface area contributed by atoms with Gasteiger partial charge in [-0.2, -0.15) is 0 Å². The van der Waals surface area contributed by atoms with Gasteiger partial charge in [0.25, 0.3) is 5.56 Å². The number of hydrogen-bond acceptors (Lipinski definition) is 6. The Labute approximate surface area is 235 Å². The molecular weight excluding hydrogens is 516 g/mol. The van der Waals surface area contributed by atoms with Crippen molar-refractivity contribution in [3.8, 4) is 0 Å². The summed E-state index contributed by atoms with van der Waals surface area (Å²) in [5.41, 5.74) is 10.4. The molecule has 0 radical (unpaired) electrons. The van der Waals surface area contributed by atoms with Gasteiger partial charge in [0.05, 0.1) is 6.20 Å². The zero-order valence-corrected chi connectivity index (χ0v) is 22.5. The number of nitrogens with two attached hydrogens (primary N) is 1. The molecule has 4 heterocycles. The summed E-state index contributed by atoms with van der Waals surface area (Å²) in [6.07, 6.45) is 9.33. The summed E-state index contributed by atoms with van der Waals surface area (Å²) >= 11 is 0. The normalized spacial score (nSPS) is 14.7. The van der Waals surface area contributed by atoms with Gasteiger partial charge in [-0.05, 0) is 48.7 Å². The van der Waals surface area contributed by atoms with Crippen LogP contribution in [0, 0.1) is 0 Å². The fourth-order valence-electron chi connectivity index (χ4n) is 6.14. The van der Waals surface area contributed by atoms with E-state index in [0.29, 0.717) is 18.1 Å². The van der Waals surface area contributed by atoms with Crippen LogP contribution < -0.4 is 16.6 Å². The van der Waals surface area contributed by atoms with Crippen molar-refractivity contribution in [3.63, 3.8) is 0 Å². The number of nitrogens with one attached hydrogen (secondary N) is 2. The third kappa shape index (κ3) is 4.63. The van der Waals surface area contributed by atoms with Crippen molar-refractivity contribution in [2.45, 2.75) is 50.6 Å². The molecule has 4 N–H and O–H groups in total. The number of carbonyl (C=O) groups excluding carboxylic acids is 1. The predicted octanol–water partition coefficient (Wildman–Crippen LogP) is 5.56. The third-order valence-corrected chi connectivity index (χ3v) is 8.20.